The number of benzene rings is 1. The van der Waals surface area contributed by atoms with Gasteiger partial charge >= 0.3 is 5.97 Å². The van der Waals surface area contributed by atoms with E-state index in [1.54, 1.807) is 18.2 Å². The van der Waals surface area contributed by atoms with E-state index in [9.17, 15) is 9.59 Å². The Hall–Kier alpha value is -0.860. The molecule has 1 unspecified atom stereocenters. The lowest BCUT2D eigenvalue weighted by Crippen LogP contribution is -2.57. The number of carbonyl (C=O) groups excluding carboxylic acids is 1. The van der Waals surface area contributed by atoms with Gasteiger partial charge in [0, 0.05) is 28.2 Å². The van der Waals surface area contributed by atoms with Gasteiger partial charge in [0.25, 0.3) is 5.91 Å². The van der Waals surface area contributed by atoms with Crippen molar-refractivity contribution in [2.75, 3.05) is 19.6 Å². The number of aliphatic carboxylic acids is 1. The summed E-state index contributed by atoms with van der Waals surface area (Å²) in [6.07, 6.45) is 0. The minimum absolute atomic E-state index is 0.262. The molecule has 1 aromatic carbocycles. The van der Waals surface area contributed by atoms with Crippen molar-refractivity contribution in [3.63, 3.8) is 0 Å². The number of piperazine rings is 1. The second kappa shape index (κ2) is 6.06. The van der Waals surface area contributed by atoms with Crippen LogP contribution in [0.1, 0.15) is 10.4 Å². The maximum Gasteiger partial charge on any atom is 0.327 e. The highest BCUT2D eigenvalue weighted by molar-refractivity contribution is 14.1. The van der Waals surface area contributed by atoms with E-state index in [2.05, 4.69) is 5.32 Å². The Morgan fingerprint density at radius 2 is 2.21 bits per heavy atom. The first-order valence-electron chi connectivity index (χ1n) is 5.70. The van der Waals surface area contributed by atoms with E-state index in [-0.39, 0.29) is 12.5 Å². The zero-order valence-electron chi connectivity index (χ0n) is 9.90. The van der Waals surface area contributed by atoms with Crippen molar-refractivity contribution in [1.29, 1.82) is 0 Å². The zero-order valence-corrected chi connectivity index (χ0v) is 12.8. The third kappa shape index (κ3) is 3.18. The summed E-state index contributed by atoms with van der Waals surface area (Å²) in [5, 5.41) is 12.6. The first-order chi connectivity index (χ1) is 9.00. The van der Waals surface area contributed by atoms with E-state index in [1.807, 2.05) is 22.6 Å². The van der Waals surface area contributed by atoms with Gasteiger partial charge in [0.2, 0.25) is 0 Å². The topological polar surface area (TPSA) is 69.6 Å². The number of halogens is 2. The van der Waals surface area contributed by atoms with Crippen molar-refractivity contribution < 1.29 is 14.7 Å². The van der Waals surface area contributed by atoms with Gasteiger partial charge in [0.1, 0.15) is 6.04 Å². The van der Waals surface area contributed by atoms with Crippen molar-refractivity contribution in [3.8, 4) is 0 Å². The molecule has 0 saturated carbocycles. The van der Waals surface area contributed by atoms with E-state index < -0.39 is 12.0 Å². The summed E-state index contributed by atoms with van der Waals surface area (Å²) in [6, 6.07) is 4.18. The smallest absolute Gasteiger partial charge is 0.327 e. The molecule has 1 aliphatic heterocycles. The van der Waals surface area contributed by atoms with Crippen LogP contribution in [-0.4, -0.2) is 47.6 Å². The van der Waals surface area contributed by atoms with E-state index in [1.165, 1.54) is 4.90 Å². The molecule has 1 atom stereocenters. The van der Waals surface area contributed by atoms with Gasteiger partial charge < -0.3 is 15.3 Å². The van der Waals surface area contributed by atoms with Gasteiger partial charge in [-0.1, -0.05) is 11.6 Å². The maximum atomic E-state index is 12.5. The molecular formula is C12H12ClIN2O3. The van der Waals surface area contributed by atoms with Crippen molar-refractivity contribution in [2.24, 2.45) is 0 Å². The Kier molecular flexibility index (Phi) is 4.64. The van der Waals surface area contributed by atoms with Gasteiger partial charge in [-0.25, -0.2) is 4.79 Å². The number of nitrogens with zero attached hydrogens (tertiary/aromatic N) is 1. The third-order valence-corrected chi connectivity index (χ3v) is 4.12. The molecule has 0 spiro atoms. The van der Waals surface area contributed by atoms with Crippen LogP contribution in [0.3, 0.4) is 0 Å². The summed E-state index contributed by atoms with van der Waals surface area (Å²) in [5.41, 5.74) is 0.446. The highest BCUT2D eigenvalue weighted by Crippen LogP contribution is 2.21. The van der Waals surface area contributed by atoms with Crippen LogP contribution in [0, 0.1) is 3.57 Å². The first-order valence-corrected chi connectivity index (χ1v) is 7.16. The van der Waals surface area contributed by atoms with Gasteiger partial charge in [-0.05, 0) is 40.8 Å². The third-order valence-electron chi connectivity index (χ3n) is 2.95. The number of nitrogens with one attached hydrogen (secondary N) is 1. The van der Waals surface area contributed by atoms with Gasteiger partial charge in [0.05, 0.1) is 5.56 Å². The summed E-state index contributed by atoms with van der Waals surface area (Å²) >= 11 is 7.94. The second-order valence-corrected chi connectivity index (χ2v) is 5.78. The molecule has 19 heavy (non-hydrogen) atoms. The van der Waals surface area contributed by atoms with Gasteiger partial charge in [-0.15, -0.1) is 0 Å². The Bertz CT molecular complexity index is 524. The Labute approximate surface area is 129 Å². The fraction of sp³-hybridized carbons (Fsp3) is 0.333. The summed E-state index contributed by atoms with van der Waals surface area (Å²) in [6.45, 7) is 1.23. The molecule has 5 nitrogen and oxygen atoms in total. The van der Waals surface area contributed by atoms with Crippen LogP contribution in [0.4, 0.5) is 0 Å². The molecular weight excluding hydrogens is 382 g/mol. The normalized spacial score (nSPS) is 19.3. The molecule has 102 valence electrons. The number of rotatable bonds is 2. The van der Waals surface area contributed by atoms with Crippen LogP contribution in [-0.2, 0) is 4.79 Å². The fourth-order valence-corrected chi connectivity index (χ4v) is 2.72. The summed E-state index contributed by atoms with van der Waals surface area (Å²) in [7, 11) is 0. The largest absolute Gasteiger partial charge is 0.480 e. The summed E-state index contributed by atoms with van der Waals surface area (Å²) in [5.74, 6) is -1.29. The van der Waals surface area contributed by atoms with E-state index in [0.29, 0.717) is 23.7 Å². The van der Waals surface area contributed by atoms with Crippen LogP contribution in [0.25, 0.3) is 0 Å². The summed E-state index contributed by atoms with van der Waals surface area (Å²) in [4.78, 5) is 25.0. The standard InChI is InChI=1S/C12H12ClIN2O3/c13-7-1-2-9(14)8(5-7)11(17)16-4-3-15-6-10(16)12(18)19/h1-2,5,10,15H,3-4,6H2,(H,18,19). The number of carbonyl (C=O) groups is 2. The molecule has 1 aliphatic rings. The molecule has 0 aromatic heterocycles. The molecule has 1 saturated heterocycles. The number of hydrogen-bond donors (Lipinski definition) is 2. The van der Waals surface area contributed by atoms with Gasteiger partial charge in [0.15, 0.2) is 0 Å². The van der Waals surface area contributed by atoms with Crippen LogP contribution >= 0.6 is 34.2 Å². The molecule has 2 rings (SSSR count). The van der Waals surface area contributed by atoms with Gasteiger partial charge in [-0.3, -0.25) is 4.79 Å². The predicted molar refractivity (Wildman–Crippen MR) is 79.5 cm³/mol. The van der Waals surface area contributed by atoms with E-state index in [0.717, 1.165) is 3.57 Å². The SMILES string of the molecule is O=C(O)C1CNCCN1C(=O)c1cc(Cl)ccc1I. The Balaban J connectivity index is 2.31. The van der Waals surface area contributed by atoms with Crippen molar-refractivity contribution in [2.45, 2.75) is 6.04 Å². The summed E-state index contributed by atoms with van der Waals surface area (Å²) < 4.78 is 0.759. The van der Waals surface area contributed by atoms with E-state index >= 15 is 0 Å². The lowest BCUT2D eigenvalue weighted by molar-refractivity contribution is -0.142. The van der Waals surface area contributed by atoms with Crippen LogP contribution in [0.2, 0.25) is 5.02 Å². The monoisotopic (exact) mass is 394 g/mol. The van der Waals surface area contributed by atoms with Crippen molar-refractivity contribution >= 4 is 46.1 Å². The molecule has 7 heteroatoms. The quantitative estimate of drug-likeness (QED) is 0.745. The number of carboxylic acid groups (broad SMARTS) is 1. The molecule has 2 N–H and O–H groups in total. The van der Waals surface area contributed by atoms with Crippen LogP contribution < -0.4 is 5.32 Å². The van der Waals surface area contributed by atoms with E-state index in [4.69, 9.17) is 16.7 Å². The molecule has 0 aliphatic carbocycles. The zero-order chi connectivity index (χ0) is 14.0. The first kappa shape index (κ1) is 14.5. The van der Waals surface area contributed by atoms with Crippen LogP contribution in [0.15, 0.2) is 18.2 Å². The molecule has 1 heterocycles. The average molecular weight is 395 g/mol. The lowest BCUT2D eigenvalue weighted by Gasteiger charge is -2.33. The lowest BCUT2D eigenvalue weighted by atomic mass is 10.1. The molecule has 0 bridgehead atoms. The number of hydrogen-bond acceptors (Lipinski definition) is 3. The molecule has 0 radical (unpaired) electrons. The Morgan fingerprint density at radius 3 is 2.89 bits per heavy atom. The maximum absolute atomic E-state index is 12.5. The highest BCUT2D eigenvalue weighted by atomic mass is 127. The van der Waals surface area contributed by atoms with Crippen molar-refractivity contribution in [1.82, 2.24) is 10.2 Å². The molecule has 1 fully saturated rings. The molecule has 1 aromatic rings. The predicted octanol–water partition coefficient (Wildman–Crippen LogP) is 1.44. The van der Waals surface area contributed by atoms with Crippen LogP contribution in [0.5, 0.6) is 0 Å². The minimum Gasteiger partial charge on any atom is -0.480 e. The van der Waals surface area contributed by atoms with Gasteiger partial charge in [-0.2, -0.15) is 0 Å². The Morgan fingerprint density at radius 1 is 1.47 bits per heavy atom. The van der Waals surface area contributed by atoms with Crippen molar-refractivity contribution in [3.05, 3.63) is 32.4 Å². The second-order valence-electron chi connectivity index (χ2n) is 4.18. The number of amides is 1. The average Bonchev–Trinajstić information content (AvgIpc) is 2.40. The minimum atomic E-state index is -1.00. The molecule has 1 amide bonds. The fourth-order valence-electron chi connectivity index (χ4n) is 1.98. The highest BCUT2D eigenvalue weighted by Gasteiger charge is 2.33. The number of carboxylic acids is 1.